The molecular formula is C18H28N2O. The monoisotopic (exact) mass is 288 g/mol. The molecule has 0 radical (unpaired) electrons. The third kappa shape index (κ3) is 3.65. The molecule has 3 heteroatoms. The normalized spacial score (nSPS) is 18.9. The number of nitrogens with one attached hydrogen (secondary N) is 1. The number of benzene rings is 1. The molecule has 0 saturated carbocycles. The molecule has 0 spiro atoms. The second-order valence-corrected chi connectivity index (χ2v) is 6.31. The standard InChI is InChI=1S/C18H28N2O/c1-13-11-14(2)17(15(3)12-13)18(21)20-10-6-5-7-16(20)8-9-19-4/h11-12,16,19H,5-10H2,1-4H3. The Hall–Kier alpha value is -1.35. The molecule has 1 aromatic rings. The summed E-state index contributed by atoms with van der Waals surface area (Å²) in [6.45, 7) is 8.07. The van der Waals surface area contributed by atoms with E-state index >= 15 is 0 Å². The number of piperidine rings is 1. The van der Waals surface area contributed by atoms with E-state index in [1.54, 1.807) is 0 Å². The molecule has 1 aliphatic heterocycles. The van der Waals surface area contributed by atoms with Crippen molar-refractivity contribution in [3.63, 3.8) is 0 Å². The van der Waals surface area contributed by atoms with Crippen LogP contribution in [0, 0.1) is 20.8 Å². The molecule has 1 aliphatic rings. The van der Waals surface area contributed by atoms with Crippen molar-refractivity contribution in [1.29, 1.82) is 0 Å². The van der Waals surface area contributed by atoms with Gasteiger partial charge in [-0.3, -0.25) is 4.79 Å². The fourth-order valence-corrected chi connectivity index (χ4v) is 3.54. The van der Waals surface area contributed by atoms with Crippen LogP contribution in [0.1, 0.15) is 52.7 Å². The van der Waals surface area contributed by atoms with Gasteiger partial charge in [0.05, 0.1) is 0 Å². The third-order valence-electron chi connectivity index (χ3n) is 4.51. The van der Waals surface area contributed by atoms with Gasteiger partial charge in [-0.15, -0.1) is 0 Å². The van der Waals surface area contributed by atoms with Crippen LogP contribution in [0.4, 0.5) is 0 Å². The van der Waals surface area contributed by atoms with Crippen LogP contribution in [-0.2, 0) is 0 Å². The first kappa shape index (κ1) is 16.0. The fraction of sp³-hybridized carbons (Fsp3) is 0.611. The van der Waals surface area contributed by atoms with E-state index in [0.717, 1.165) is 49.0 Å². The average molecular weight is 288 g/mol. The molecular weight excluding hydrogens is 260 g/mol. The maximum Gasteiger partial charge on any atom is 0.254 e. The van der Waals surface area contributed by atoms with Gasteiger partial charge in [0.2, 0.25) is 0 Å². The van der Waals surface area contributed by atoms with Crippen LogP contribution in [0.3, 0.4) is 0 Å². The van der Waals surface area contributed by atoms with E-state index in [4.69, 9.17) is 0 Å². The molecule has 1 saturated heterocycles. The molecule has 0 aromatic heterocycles. The minimum atomic E-state index is 0.228. The minimum absolute atomic E-state index is 0.228. The highest BCUT2D eigenvalue weighted by atomic mass is 16.2. The Morgan fingerprint density at radius 3 is 2.52 bits per heavy atom. The Bertz CT molecular complexity index is 487. The number of likely N-dealkylation sites (tertiary alicyclic amines) is 1. The number of carbonyl (C=O) groups excluding carboxylic acids is 1. The van der Waals surface area contributed by atoms with Gasteiger partial charge in [0, 0.05) is 18.2 Å². The van der Waals surface area contributed by atoms with E-state index in [-0.39, 0.29) is 5.91 Å². The van der Waals surface area contributed by atoms with E-state index in [1.807, 2.05) is 7.05 Å². The third-order valence-corrected chi connectivity index (χ3v) is 4.51. The Morgan fingerprint density at radius 2 is 1.90 bits per heavy atom. The van der Waals surface area contributed by atoms with Gasteiger partial charge in [0.15, 0.2) is 0 Å². The van der Waals surface area contributed by atoms with E-state index < -0.39 is 0 Å². The maximum atomic E-state index is 13.0. The lowest BCUT2D eigenvalue weighted by Gasteiger charge is -2.36. The van der Waals surface area contributed by atoms with Crippen molar-refractivity contribution in [2.24, 2.45) is 0 Å². The van der Waals surface area contributed by atoms with Crippen LogP contribution in [0.2, 0.25) is 0 Å². The van der Waals surface area contributed by atoms with Crippen LogP contribution in [-0.4, -0.2) is 37.0 Å². The Morgan fingerprint density at radius 1 is 1.24 bits per heavy atom. The molecule has 2 rings (SSSR count). The largest absolute Gasteiger partial charge is 0.336 e. The topological polar surface area (TPSA) is 32.3 Å². The van der Waals surface area contributed by atoms with Crippen molar-refractivity contribution in [3.8, 4) is 0 Å². The predicted octanol–water partition coefficient (Wildman–Crippen LogP) is 3.22. The number of amides is 1. The molecule has 3 nitrogen and oxygen atoms in total. The Labute approximate surface area is 128 Å². The summed E-state index contributed by atoms with van der Waals surface area (Å²) in [5.74, 6) is 0.228. The molecule has 116 valence electrons. The van der Waals surface area contributed by atoms with Crippen molar-refractivity contribution >= 4 is 5.91 Å². The number of carbonyl (C=O) groups is 1. The number of aryl methyl sites for hydroxylation is 3. The zero-order valence-electron chi connectivity index (χ0n) is 13.8. The second-order valence-electron chi connectivity index (χ2n) is 6.31. The summed E-state index contributed by atoms with van der Waals surface area (Å²) in [6.07, 6.45) is 4.55. The van der Waals surface area contributed by atoms with Crippen molar-refractivity contribution in [1.82, 2.24) is 10.2 Å². The molecule has 1 unspecified atom stereocenters. The first-order chi connectivity index (χ1) is 10.0. The molecule has 1 N–H and O–H groups in total. The summed E-state index contributed by atoms with van der Waals surface area (Å²) >= 11 is 0. The van der Waals surface area contributed by atoms with E-state index in [1.165, 1.54) is 12.0 Å². The zero-order chi connectivity index (χ0) is 15.4. The highest BCUT2D eigenvalue weighted by Gasteiger charge is 2.28. The highest BCUT2D eigenvalue weighted by molar-refractivity contribution is 5.97. The first-order valence-electron chi connectivity index (χ1n) is 8.08. The van der Waals surface area contributed by atoms with E-state index in [0.29, 0.717) is 6.04 Å². The van der Waals surface area contributed by atoms with Crippen LogP contribution < -0.4 is 5.32 Å². The van der Waals surface area contributed by atoms with Gasteiger partial charge >= 0.3 is 0 Å². The molecule has 21 heavy (non-hydrogen) atoms. The predicted molar refractivity (Wildman–Crippen MR) is 87.9 cm³/mol. The van der Waals surface area contributed by atoms with Crippen LogP contribution >= 0.6 is 0 Å². The number of nitrogens with zero attached hydrogens (tertiary/aromatic N) is 1. The lowest BCUT2D eigenvalue weighted by Crippen LogP contribution is -2.45. The Balaban J connectivity index is 2.24. The van der Waals surface area contributed by atoms with Gasteiger partial charge in [-0.2, -0.15) is 0 Å². The smallest absolute Gasteiger partial charge is 0.254 e. The quantitative estimate of drug-likeness (QED) is 0.922. The molecule has 0 bridgehead atoms. The lowest BCUT2D eigenvalue weighted by molar-refractivity contribution is 0.0601. The summed E-state index contributed by atoms with van der Waals surface area (Å²) in [5, 5.41) is 3.21. The zero-order valence-corrected chi connectivity index (χ0v) is 13.8. The number of hydrogen-bond donors (Lipinski definition) is 1. The lowest BCUT2D eigenvalue weighted by atomic mass is 9.94. The fourth-order valence-electron chi connectivity index (χ4n) is 3.54. The summed E-state index contributed by atoms with van der Waals surface area (Å²) in [4.78, 5) is 15.1. The van der Waals surface area contributed by atoms with E-state index in [9.17, 15) is 4.79 Å². The number of rotatable bonds is 4. The van der Waals surface area contributed by atoms with Gasteiger partial charge in [-0.25, -0.2) is 0 Å². The van der Waals surface area contributed by atoms with Gasteiger partial charge in [-0.05, 0) is 71.2 Å². The molecule has 1 heterocycles. The molecule has 1 aromatic carbocycles. The Kier molecular flexibility index (Phi) is 5.40. The minimum Gasteiger partial charge on any atom is -0.336 e. The van der Waals surface area contributed by atoms with Crippen LogP contribution in [0.15, 0.2) is 12.1 Å². The molecule has 0 aliphatic carbocycles. The highest BCUT2D eigenvalue weighted by Crippen LogP contribution is 2.25. The second kappa shape index (κ2) is 7.08. The number of hydrogen-bond acceptors (Lipinski definition) is 2. The first-order valence-corrected chi connectivity index (χ1v) is 8.08. The SMILES string of the molecule is CNCCC1CCCCN1C(=O)c1c(C)cc(C)cc1C. The van der Waals surface area contributed by atoms with Crippen LogP contribution in [0.25, 0.3) is 0 Å². The summed E-state index contributed by atoms with van der Waals surface area (Å²) in [5.41, 5.74) is 4.36. The van der Waals surface area contributed by atoms with Crippen molar-refractivity contribution in [3.05, 3.63) is 34.4 Å². The molecule has 1 fully saturated rings. The van der Waals surface area contributed by atoms with Crippen molar-refractivity contribution in [2.75, 3.05) is 20.1 Å². The maximum absolute atomic E-state index is 13.0. The van der Waals surface area contributed by atoms with Crippen LogP contribution in [0.5, 0.6) is 0 Å². The average Bonchev–Trinajstić information content (AvgIpc) is 2.44. The van der Waals surface area contributed by atoms with Crippen molar-refractivity contribution < 1.29 is 4.79 Å². The van der Waals surface area contributed by atoms with Gasteiger partial charge in [0.25, 0.3) is 5.91 Å². The summed E-state index contributed by atoms with van der Waals surface area (Å²) in [6, 6.07) is 4.62. The molecule has 1 atom stereocenters. The molecule has 1 amide bonds. The summed E-state index contributed by atoms with van der Waals surface area (Å²) < 4.78 is 0. The van der Waals surface area contributed by atoms with Gasteiger partial charge < -0.3 is 10.2 Å². The van der Waals surface area contributed by atoms with Crippen molar-refractivity contribution in [2.45, 2.75) is 52.5 Å². The van der Waals surface area contributed by atoms with Gasteiger partial charge in [0.1, 0.15) is 0 Å². The summed E-state index contributed by atoms with van der Waals surface area (Å²) in [7, 11) is 1.98. The van der Waals surface area contributed by atoms with Gasteiger partial charge in [-0.1, -0.05) is 17.7 Å². The van der Waals surface area contributed by atoms with E-state index in [2.05, 4.69) is 43.1 Å².